The summed E-state index contributed by atoms with van der Waals surface area (Å²) in [5.74, 6) is 1.28. The molecule has 9 nitrogen and oxygen atoms in total. The average molecular weight is 388 g/mol. The fourth-order valence-electron chi connectivity index (χ4n) is 2.03. The fraction of sp³-hybridized carbons (Fsp3) is 0.250. The Morgan fingerprint density at radius 1 is 0.769 bits per heavy atom. The SMILES string of the molecule is O=P(O)(O)O.OCCc1cc(Oc2ccc(O)c(CCO)c2)ccc1O. The maximum absolute atomic E-state index is 9.66. The van der Waals surface area contributed by atoms with Crippen molar-refractivity contribution in [3.63, 3.8) is 0 Å². The lowest BCUT2D eigenvalue weighted by Crippen LogP contribution is -1.94. The van der Waals surface area contributed by atoms with Gasteiger partial charge in [0.1, 0.15) is 23.0 Å². The number of phenols is 2. The van der Waals surface area contributed by atoms with Crippen LogP contribution in [0.15, 0.2) is 36.4 Å². The van der Waals surface area contributed by atoms with E-state index in [0.29, 0.717) is 35.5 Å². The Morgan fingerprint density at radius 2 is 1.12 bits per heavy atom. The predicted octanol–water partition coefficient (Wildman–Crippen LogP) is 1.03. The maximum Gasteiger partial charge on any atom is 0.466 e. The minimum atomic E-state index is -4.64. The Bertz CT molecular complexity index is 696. The lowest BCUT2D eigenvalue weighted by Gasteiger charge is -2.11. The van der Waals surface area contributed by atoms with Crippen molar-refractivity contribution in [2.24, 2.45) is 0 Å². The third-order valence-corrected chi connectivity index (χ3v) is 3.10. The molecular formula is C16H21O9P. The third kappa shape index (κ3) is 8.30. The average Bonchev–Trinajstić information content (AvgIpc) is 2.53. The molecule has 0 atom stereocenters. The van der Waals surface area contributed by atoms with Gasteiger partial charge in [0.15, 0.2) is 0 Å². The summed E-state index contributed by atoms with van der Waals surface area (Å²) < 4.78 is 14.6. The molecule has 7 N–H and O–H groups in total. The molecule has 144 valence electrons. The number of aliphatic hydroxyl groups excluding tert-OH is 2. The van der Waals surface area contributed by atoms with Gasteiger partial charge in [0.25, 0.3) is 0 Å². The van der Waals surface area contributed by atoms with Crippen LogP contribution in [0.5, 0.6) is 23.0 Å². The van der Waals surface area contributed by atoms with Gasteiger partial charge in [-0.2, -0.15) is 0 Å². The van der Waals surface area contributed by atoms with Crippen molar-refractivity contribution in [1.82, 2.24) is 0 Å². The molecule has 0 amide bonds. The molecule has 0 saturated heterocycles. The van der Waals surface area contributed by atoms with E-state index in [0.717, 1.165) is 0 Å². The summed E-state index contributed by atoms with van der Waals surface area (Å²) in [4.78, 5) is 21.6. The van der Waals surface area contributed by atoms with Crippen molar-refractivity contribution >= 4 is 7.82 Å². The number of benzene rings is 2. The number of rotatable bonds is 6. The van der Waals surface area contributed by atoms with Gasteiger partial charge in [-0.05, 0) is 60.4 Å². The van der Waals surface area contributed by atoms with Gasteiger partial charge in [-0.3, -0.25) is 0 Å². The van der Waals surface area contributed by atoms with E-state index < -0.39 is 7.82 Å². The van der Waals surface area contributed by atoms with Crippen LogP contribution >= 0.6 is 7.82 Å². The molecule has 0 spiro atoms. The zero-order chi connectivity index (χ0) is 19.7. The first kappa shape index (κ1) is 21.9. The molecule has 10 heteroatoms. The van der Waals surface area contributed by atoms with Gasteiger partial charge in [-0.1, -0.05) is 0 Å². The Labute approximate surface area is 149 Å². The summed E-state index contributed by atoms with van der Waals surface area (Å²) in [5.41, 5.74) is 1.20. The van der Waals surface area contributed by atoms with Crippen molar-refractivity contribution in [3.05, 3.63) is 47.5 Å². The van der Waals surface area contributed by atoms with E-state index in [1.165, 1.54) is 12.1 Å². The lowest BCUT2D eigenvalue weighted by molar-refractivity contribution is 0.275. The molecule has 0 aliphatic heterocycles. The third-order valence-electron chi connectivity index (χ3n) is 3.10. The minimum Gasteiger partial charge on any atom is -0.508 e. The van der Waals surface area contributed by atoms with Gasteiger partial charge >= 0.3 is 7.82 Å². The molecule has 0 aliphatic carbocycles. The number of hydrogen-bond acceptors (Lipinski definition) is 6. The monoisotopic (exact) mass is 388 g/mol. The van der Waals surface area contributed by atoms with E-state index >= 15 is 0 Å². The van der Waals surface area contributed by atoms with Crippen LogP contribution in [0.25, 0.3) is 0 Å². The van der Waals surface area contributed by atoms with Crippen molar-refractivity contribution in [1.29, 1.82) is 0 Å². The summed E-state index contributed by atoms with van der Waals surface area (Å²) in [6.07, 6.45) is 0.683. The predicted molar refractivity (Wildman–Crippen MR) is 92.1 cm³/mol. The van der Waals surface area contributed by atoms with Crippen LogP contribution in [-0.4, -0.2) is 48.3 Å². The van der Waals surface area contributed by atoms with E-state index in [4.69, 9.17) is 34.2 Å². The van der Waals surface area contributed by atoms with Crippen molar-refractivity contribution in [2.75, 3.05) is 13.2 Å². The summed E-state index contributed by atoms with van der Waals surface area (Å²) in [7, 11) is -4.64. The first-order valence-corrected chi connectivity index (χ1v) is 9.02. The molecule has 0 saturated carbocycles. The van der Waals surface area contributed by atoms with Crippen LogP contribution in [0.3, 0.4) is 0 Å². The van der Waals surface area contributed by atoms with Crippen LogP contribution < -0.4 is 4.74 Å². The Hall–Kier alpha value is -2.13. The lowest BCUT2D eigenvalue weighted by atomic mass is 10.1. The zero-order valence-electron chi connectivity index (χ0n) is 13.7. The zero-order valence-corrected chi connectivity index (χ0v) is 14.6. The Balaban J connectivity index is 0.000000597. The number of phosphoric acid groups is 1. The highest BCUT2D eigenvalue weighted by molar-refractivity contribution is 7.45. The quantitative estimate of drug-likeness (QED) is 0.357. The molecule has 0 radical (unpaired) electrons. The first-order valence-electron chi connectivity index (χ1n) is 7.45. The molecule has 2 aromatic rings. The standard InChI is InChI=1S/C16H18O5.H3O4P/c17-7-5-11-9-13(1-3-15(11)19)21-14-2-4-16(20)12(10-14)6-8-18;1-5(2,3)4/h1-4,9-10,17-20H,5-8H2;(H3,1,2,3,4). The van der Waals surface area contributed by atoms with Crippen molar-refractivity contribution in [2.45, 2.75) is 12.8 Å². The highest BCUT2D eigenvalue weighted by Crippen LogP contribution is 2.30. The molecule has 2 aromatic carbocycles. The number of hydrogen-bond donors (Lipinski definition) is 7. The normalized spacial score (nSPS) is 10.8. The second-order valence-electron chi connectivity index (χ2n) is 5.14. The molecule has 0 unspecified atom stereocenters. The van der Waals surface area contributed by atoms with Gasteiger partial charge in [-0.25, -0.2) is 4.57 Å². The van der Waals surface area contributed by atoms with Gasteiger partial charge < -0.3 is 39.8 Å². The van der Waals surface area contributed by atoms with Gasteiger partial charge in [0, 0.05) is 13.2 Å². The van der Waals surface area contributed by atoms with E-state index in [1.54, 1.807) is 24.3 Å². The largest absolute Gasteiger partial charge is 0.508 e. The summed E-state index contributed by atoms with van der Waals surface area (Å²) in [6.45, 7) is -0.117. The summed E-state index contributed by atoms with van der Waals surface area (Å²) in [6, 6.07) is 9.57. The molecule has 0 aromatic heterocycles. The van der Waals surface area contributed by atoms with E-state index in [2.05, 4.69) is 0 Å². The van der Waals surface area contributed by atoms with Gasteiger partial charge in [0.05, 0.1) is 0 Å². The topological polar surface area (TPSA) is 168 Å². The minimum absolute atomic E-state index is 0.0587. The summed E-state index contributed by atoms with van der Waals surface area (Å²) in [5, 5.41) is 37.2. The number of aromatic hydroxyl groups is 2. The van der Waals surface area contributed by atoms with Crippen LogP contribution in [-0.2, 0) is 17.4 Å². The highest BCUT2D eigenvalue weighted by Gasteiger charge is 2.07. The second-order valence-corrected chi connectivity index (χ2v) is 6.17. The van der Waals surface area contributed by atoms with Crippen molar-refractivity contribution < 1.29 is 44.4 Å². The van der Waals surface area contributed by atoms with E-state index in [9.17, 15) is 10.2 Å². The number of aliphatic hydroxyl groups is 2. The first-order chi connectivity index (χ1) is 12.1. The number of ether oxygens (including phenoxy) is 1. The molecular weight excluding hydrogens is 367 g/mol. The molecule has 0 heterocycles. The molecule has 0 bridgehead atoms. The van der Waals surface area contributed by atoms with Crippen LogP contribution in [0.4, 0.5) is 0 Å². The second kappa shape index (κ2) is 10.1. The molecule has 0 fully saturated rings. The summed E-state index contributed by atoms with van der Waals surface area (Å²) >= 11 is 0. The number of phenolic OH excluding ortho intramolecular Hbond substituents is 2. The van der Waals surface area contributed by atoms with E-state index in [-0.39, 0.29) is 24.7 Å². The Kier molecular flexibility index (Phi) is 8.53. The fourth-order valence-corrected chi connectivity index (χ4v) is 2.03. The van der Waals surface area contributed by atoms with Crippen LogP contribution in [0, 0.1) is 0 Å². The highest BCUT2D eigenvalue weighted by atomic mass is 31.2. The molecule has 2 rings (SSSR count). The van der Waals surface area contributed by atoms with Gasteiger partial charge in [0.2, 0.25) is 0 Å². The van der Waals surface area contributed by atoms with E-state index in [1.807, 2.05) is 0 Å². The van der Waals surface area contributed by atoms with Gasteiger partial charge in [-0.15, -0.1) is 0 Å². The Morgan fingerprint density at radius 3 is 1.42 bits per heavy atom. The molecule has 0 aliphatic rings. The van der Waals surface area contributed by atoms with Crippen LogP contribution in [0.1, 0.15) is 11.1 Å². The maximum atomic E-state index is 9.66. The van der Waals surface area contributed by atoms with Crippen molar-refractivity contribution in [3.8, 4) is 23.0 Å². The smallest absolute Gasteiger partial charge is 0.466 e. The molecule has 26 heavy (non-hydrogen) atoms. The van der Waals surface area contributed by atoms with Crippen LogP contribution in [0.2, 0.25) is 0 Å².